The highest BCUT2D eigenvalue weighted by molar-refractivity contribution is 5.69. The fraction of sp³-hybridized carbons (Fsp3) is 0.952. The van der Waals surface area contributed by atoms with Gasteiger partial charge in [-0.1, -0.05) is 58.3 Å². The molecule has 0 fully saturated rings. The van der Waals surface area contributed by atoms with Crippen LogP contribution >= 0.6 is 0 Å². The van der Waals surface area contributed by atoms with Crippen molar-refractivity contribution in [1.29, 1.82) is 0 Å². The number of ether oxygens (including phenoxy) is 3. The summed E-state index contributed by atoms with van der Waals surface area (Å²) in [7, 11) is 0. The molecule has 0 radical (unpaired) electrons. The van der Waals surface area contributed by atoms with Crippen molar-refractivity contribution < 1.29 is 34.3 Å². The standard InChI is InChI=1S/C21H42O7/c1-2-3-4-5-6-7-8-9-10-11-21(25)28-17-20(14-24)16-27-18-26-15-19(12-22)13-23/h19-20,22-24H,2-18H2,1H3. The van der Waals surface area contributed by atoms with E-state index in [-0.39, 0.29) is 64.2 Å². The number of hydrogen-bond acceptors (Lipinski definition) is 7. The summed E-state index contributed by atoms with van der Waals surface area (Å²) < 4.78 is 15.7. The van der Waals surface area contributed by atoms with Crippen LogP contribution in [-0.4, -0.2) is 67.7 Å². The predicted octanol–water partition coefficient (Wildman–Crippen LogP) is 2.65. The van der Waals surface area contributed by atoms with Gasteiger partial charge in [0, 0.05) is 18.3 Å². The minimum absolute atomic E-state index is 0.000604. The van der Waals surface area contributed by atoms with Crippen LogP contribution in [0.4, 0.5) is 0 Å². The van der Waals surface area contributed by atoms with Gasteiger partial charge in [0.2, 0.25) is 0 Å². The highest BCUT2D eigenvalue weighted by atomic mass is 16.7. The van der Waals surface area contributed by atoms with Crippen molar-refractivity contribution in [2.45, 2.75) is 71.1 Å². The van der Waals surface area contributed by atoms with Crippen molar-refractivity contribution in [2.75, 3.05) is 46.4 Å². The lowest BCUT2D eigenvalue weighted by Gasteiger charge is -2.16. The van der Waals surface area contributed by atoms with E-state index in [4.69, 9.17) is 24.4 Å². The van der Waals surface area contributed by atoms with Crippen LogP contribution in [0.1, 0.15) is 71.1 Å². The third-order valence-electron chi connectivity index (χ3n) is 4.61. The molecular weight excluding hydrogens is 364 g/mol. The molecule has 1 unspecified atom stereocenters. The Balaban J connectivity index is 3.55. The van der Waals surface area contributed by atoms with Crippen molar-refractivity contribution in [3.63, 3.8) is 0 Å². The summed E-state index contributed by atoms with van der Waals surface area (Å²) in [5, 5.41) is 27.2. The molecule has 28 heavy (non-hydrogen) atoms. The maximum atomic E-state index is 11.8. The van der Waals surface area contributed by atoms with Crippen LogP contribution < -0.4 is 0 Å². The Morgan fingerprint density at radius 2 is 1.21 bits per heavy atom. The molecule has 0 saturated carbocycles. The summed E-state index contributed by atoms with van der Waals surface area (Å²) in [4.78, 5) is 11.8. The number of carbonyl (C=O) groups excluding carboxylic acids is 1. The molecule has 0 aliphatic carbocycles. The second-order valence-corrected chi connectivity index (χ2v) is 7.40. The molecule has 0 aliphatic heterocycles. The van der Waals surface area contributed by atoms with E-state index in [1.807, 2.05) is 0 Å². The molecule has 0 aromatic heterocycles. The highest BCUT2D eigenvalue weighted by Gasteiger charge is 2.12. The van der Waals surface area contributed by atoms with Crippen LogP contribution in [0.15, 0.2) is 0 Å². The Kier molecular flexibility index (Phi) is 20.4. The van der Waals surface area contributed by atoms with Gasteiger partial charge in [0.25, 0.3) is 0 Å². The van der Waals surface area contributed by atoms with Gasteiger partial charge in [0.1, 0.15) is 6.79 Å². The summed E-state index contributed by atoms with van der Waals surface area (Å²) in [5.41, 5.74) is 0. The molecule has 0 amide bonds. The van der Waals surface area contributed by atoms with Gasteiger partial charge in [0.15, 0.2) is 0 Å². The molecule has 0 spiro atoms. The first kappa shape index (κ1) is 27.3. The fourth-order valence-corrected chi connectivity index (χ4v) is 2.67. The van der Waals surface area contributed by atoms with Crippen molar-refractivity contribution in [2.24, 2.45) is 11.8 Å². The number of aliphatic hydroxyl groups excluding tert-OH is 3. The second-order valence-electron chi connectivity index (χ2n) is 7.40. The van der Waals surface area contributed by atoms with Gasteiger partial charge >= 0.3 is 5.97 Å². The highest BCUT2D eigenvalue weighted by Crippen LogP contribution is 2.11. The smallest absolute Gasteiger partial charge is 0.305 e. The van der Waals surface area contributed by atoms with E-state index in [2.05, 4.69) is 6.92 Å². The van der Waals surface area contributed by atoms with E-state index in [1.54, 1.807) is 0 Å². The summed E-state index contributed by atoms with van der Waals surface area (Å²) in [6.45, 7) is 2.33. The Morgan fingerprint density at radius 3 is 1.75 bits per heavy atom. The van der Waals surface area contributed by atoms with E-state index < -0.39 is 0 Å². The molecule has 1 atom stereocenters. The van der Waals surface area contributed by atoms with Crippen LogP contribution in [0.3, 0.4) is 0 Å². The lowest BCUT2D eigenvalue weighted by atomic mass is 10.1. The van der Waals surface area contributed by atoms with Gasteiger partial charge < -0.3 is 29.5 Å². The van der Waals surface area contributed by atoms with Gasteiger partial charge in [-0.15, -0.1) is 0 Å². The van der Waals surface area contributed by atoms with Crippen LogP contribution in [0.25, 0.3) is 0 Å². The second kappa shape index (κ2) is 21.0. The average molecular weight is 407 g/mol. The molecule has 0 heterocycles. The van der Waals surface area contributed by atoms with E-state index >= 15 is 0 Å². The first-order valence-electron chi connectivity index (χ1n) is 10.8. The Labute approximate surface area is 170 Å². The number of aliphatic hydroxyl groups is 3. The molecule has 7 heteroatoms. The lowest BCUT2D eigenvalue weighted by Crippen LogP contribution is -2.24. The van der Waals surface area contributed by atoms with Crippen molar-refractivity contribution >= 4 is 5.97 Å². The molecule has 7 nitrogen and oxygen atoms in total. The molecule has 0 bridgehead atoms. The zero-order valence-corrected chi connectivity index (χ0v) is 17.7. The third-order valence-corrected chi connectivity index (χ3v) is 4.61. The minimum Gasteiger partial charge on any atom is -0.465 e. The summed E-state index contributed by atoms with van der Waals surface area (Å²) in [5.74, 6) is -0.840. The first-order valence-corrected chi connectivity index (χ1v) is 10.8. The fourth-order valence-electron chi connectivity index (χ4n) is 2.67. The topological polar surface area (TPSA) is 105 Å². The molecular formula is C21H42O7. The quantitative estimate of drug-likeness (QED) is 0.153. The van der Waals surface area contributed by atoms with Crippen LogP contribution in [0.5, 0.6) is 0 Å². The normalized spacial score (nSPS) is 12.5. The summed E-state index contributed by atoms with van der Waals surface area (Å²) in [6.07, 6.45) is 11.2. The van der Waals surface area contributed by atoms with Crippen LogP contribution in [0.2, 0.25) is 0 Å². The number of unbranched alkanes of at least 4 members (excludes halogenated alkanes) is 8. The number of rotatable bonds is 21. The maximum Gasteiger partial charge on any atom is 0.305 e. The summed E-state index contributed by atoms with van der Waals surface area (Å²) in [6, 6.07) is 0. The van der Waals surface area contributed by atoms with Crippen molar-refractivity contribution in [3.8, 4) is 0 Å². The molecule has 0 aromatic rings. The first-order chi connectivity index (χ1) is 13.7. The largest absolute Gasteiger partial charge is 0.465 e. The molecule has 0 aliphatic rings. The van der Waals surface area contributed by atoms with Crippen molar-refractivity contribution in [1.82, 2.24) is 0 Å². The zero-order valence-electron chi connectivity index (χ0n) is 17.7. The van der Waals surface area contributed by atoms with Crippen LogP contribution in [0, 0.1) is 11.8 Å². The third kappa shape index (κ3) is 17.4. The summed E-state index contributed by atoms with van der Waals surface area (Å²) >= 11 is 0. The Bertz CT molecular complexity index is 335. The minimum atomic E-state index is -0.320. The molecule has 168 valence electrons. The van der Waals surface area contributed by atoms with Crippen molar-refractivity contribution in [3.05, 3.63) is 0 Å². The van der Waals surface area contributed by atoms with Gasteiger partial charge in [-0.2, -0.15) is 0 Å². The molecule has 3 N–H and O–H groups in total. The number of esters is 1. The van der Waals surface area contributed by atoms with E-state index in [1.165, 1.54) is 44.9 Å². The molecule has 0 saturated heterocycles. The van der Waals surface area contributed by atoms with E-state index in [0.29, 0.717) is 6.42 Å². The Hall–Kier alpha value is -0.730. The van der Waals surface area contributed by atoms with E-state index in [0.717, 1.165) is 12.8 Å². The van der Waals surface area contributed by atoms with Gasteiger partial charge in [0.05, 0.1) is 39.6 Å². The average Bonchev–Trinajstić information content (AvgIpc) is 2.71. The predicted molar refractivity (Wildman–Crippen MR) is 108 cm³/mol. The molecule has 0 aromatic carbocycles. The maximum absolute atomic E-state index is 11.8. The Morgan fingerprint density at radius 1 is 0.714 bits per heavy atom. The SMILES string of the molecule is CCCCCCCCCCCC(=O)OCC(CO)COCOCC(CO)CO. The lowest BCUT2D eigenvalue weighted by molar-refractivity contribution is -0.147. The van der Waals surface area contributed by atoms with Gasteiger partial charge in [-0.25, -0.2) is 0 Å². The zero-order chi connectivity index (χ0) is 20.9. The van der Waals surface area contributed by atoms with Gasteiger partial charge in [-0.3, -0.25) is 4.79 Å². The molecule has 0 rings (SSSR count). The number of carbonyl (C=O) groups is 1. The van der Waals surface area contributed by atoms with Gasteiger partial charge in [-0.05, 0) is 6.42 Å². The van der Waals surface area contributed by atoms with E-state index in [9.17, 15) is 9.90 Å². The monoisotopic (exact) mass is 406 g/mol. The van der Waals surface area contributed by atoms with Crippen LogP contribution in [-0.2, 0) is 19.0 Å². The number of hydrogen-bond donors (Lipinski definition) is 3.